The van der Waals surface area contributed by atoms with E-state index in [1.165, 1.54) is 0 Å². The van der Waals surface area contributed by atoms with Gasteiger partial charge in [-0.15, -0.1) is 0 Å². The highest BCUT2D eigenvalue weighted by atomic mass is 19.1. The van der Waals surface area contributed by atoms with E-state index in [-0.39, 0.29) is 11.5 Å². The highest BCUT2D eigenvalue weighted by molar-refractivity contribution is 6.18. The molecule has 0 aliphatic carbocycles. The Balaban J connectivity index is 1.96. The number of aryl methyl sites for hydroxylation is 1. The van der Waals surface area contributed by atoms with Crippen molar-refractivity contribution in [2.45, 2.75) is 12.8 Å². The highest BCUT2D eigenvalue weighted by Crippen LogP contribution is 2.32. The van der Waals surface area contributed by atoms with Gasteiger partial charge in [0.15, 0.2) is 0 Å². The summed E-state index contributed by atoms with van der Waals surface area (Å²) in [6, 6.07) is 16.1. The lowest BCUT2D eigenvalue weighted by atomic mass is 10.1. The van der Waals surface area contributed by atoms with Crippen molar-refractivity contribution >= 4 is 27.7 Å². The molecular weight excluding hydrogens is 369 g/mol. The smallest absolute Gasteiger partial charge is 0.281 e. The molecule has 5 rings (SSSR count). The monoisotopic (exact) mass is 389 g/mol. The Labute approximate surface area is 166 Å². The SMILES string of the molecule is Cn1c2ccccc2c2c(C(=O)N3CCCC3)c(F)n(-c3ccccc3)c(=O)c21. The summed E-state index contributed by atoms with van der Waals surface area (Å²) in [6.07, 6.45) is 1.81. The van der Waals surface area contributed by atoms with E-state index >= 15 is 4.39 Å². The molecule has 0 unspecified atom stereocenters. The van der Waals surface area contributed by atoms with Gasteiger partial charge >= 0.3 is 0 Å². The predicted octanol–water partition coefficient (Wildman–Crippen LogP) is 3.86. The standard InChI is InChI=1S/C23H20FN3O2/c1-25-17-12-6-5-11-16(17)18-19(22(28)26-13-7-8-14-26)21(24)27(23(29)20(18)25)15-9-3-2-4-10-15/h2-6,9-12H,7-8,13-14H2,1H3. The predicted molar refractivity (Wildman–Crippen MR) is 111 cm³/mol. The normalized spacial score (nSPS) is 14.2. The molecule has 1 fully saturated rings. The van der Waals surface area contributed by atoms with Crippen molar-refractivity contribution in [3.05, 3.63) is 76.5 Å². The lowest BCUT2D eigenvalue weighted by molar-refractivity contribution is 0.0788. The number of pyridine rings is 1. The van der Waals surface area contributed by atoms with E-state index in [1.54, 1.807) is 46.8 Å². The number of benzene rings is 2. The van der Waals surface area contributed by atoms with Crippen LogP contribution in [-0.4, -0.2) is 33.0 Å². The lowest BCUT2D eigenvalue weighted by Gasteiger charge is -2.19. The number of amides is 1. The van der Waals surface area contributed by atoms with Gasteiger partial charge < -0.3 is 9.47 Å². The molecule has 1 aliphatic rings. The van der Waals surface area contributed by atoms with Gasteiger partial charge in [-0.3, -0.25) is 14.2 Å². The summed E-state index contributed by atoms with van der Waals surface area (Å²) >= 11 is 0. The molecule has 1 saturated heterocycles. The number of hydrogen-bond donors (Lipinski definition) is 0. The first-order valence-corrected chi connectivity index (χ1v) is 9.76. The fraction of sp³-hybridized carbons (Fsp3) is 0.217. The van der Waals surface area contributed by atoms with Gasteiger partial charge in [0.05, 0.1) is 5.69 Å². The summed E-state index contributed by atoms with van der Waals surface area (Å²) in [6.45, 7) is 1.21. The van der Waals surface area contributed by atoms with Gasteiger partial charge in [0.1, 0.15) is 11.1 Å². The number of likely N-dealkylation sites (tertiary alicyclic amines) is 1. The van der Waals surface area contributed by atoms with Crippen molar-refractivity contribution in [3.8, 4) is 5.69 Å². The molecule has 6 heteroatoms. The Morgan fingerprint density at radius 1 is 0.966 bits per heavy atom. The van der Waals surface area contributed by atoms with Gasteiger partial charge in [0.2, 0.25) is 5.95 Å². The Morgan fingerprint density at radius 3 is 2.34 bits per heavy atom. The van der Waals surface area contributed by atoms with Crippen LogP contribution in [0.25, 0.3) is 27.5 Å². The number of halogens is 1. The van der Waals surface area contributed by atoms with Gasteiger partial charge in [0.25, 0.3) is 11.5 Å². The Morgan fingerprint density at radius 2 is 1.62 bits per heavy atom. The van der Waals surface area contributed by atoms with Crippen molar-refractivity contribution in [2.75, 3.05) is 13.1 Å². The largest absolute Gasteiger partial charge is 0.339 e. The maximum Gasteiger partial charge on any atom is 0.281 e. The summed E-state index contributed by atoms with van der Waals surface area (Å²) in [5.41, 5.74) is 1.03. The molecule has 2 aromatic heterocycles. The first-order chi connectivity index (χ1) is 14.1. The number of fused-ring (bicyclic) bond motifs is 3. The molecule has 0 radical (unpaired) electrons. The fourth-order valence-corrected chi connectivity index (χ4v) is 4.39. The van der Waals surface area contributed by atoms with Crippen LogP contribution >= 0.6 is 0 Å². The summed E-state index contributed by atoms with van der Waals surface area (Å²) < 4.78 is 18.7. The molecule has 146 valence electrons. The summed E-state index contributed by atoms with van der Waals surface area (Å²) in [7, 11) is 1.78. The van der Waals surface area contributed by atoms with Gasteiger partial charge in [-0.25, -0.2) is 0 Å². The van der Waals surface area contributed by atoms with Crippen LogP contribution in [0.5, 0.6) is 0 Å². The zero-order chi connectivity index (χ0) is 20.1. The Bertz CT molecular complexity index is 1320. The number of carbonyl (C=O) groups excluding carboxylic acids is 1. The molecule has 1 aliphatic heterocycles. The third-order valence-electron chi connectivity index (χ3n) is 5.79. The van der Waals surface area contributed by atoms with E-state index in [0.717, 1.165) is 22.9 Å². The first-order valence-electron chi connectivity index (χ1n) is 9.76. The summed E-state index contributed by atoms with van der Waals surface area (Å²) in [5, 5.41) is 1.11. The van der Waals surface area contributed by atoms with Crippen LogP contribution in [0.4, 0.5) is 4.39 Å². The lowest BCUT2D eigenvalue weighted by Crippen LogP contribution is -2.32. The van der Waals surface area contributed by atoms with Crippen molar-refractivity contribution in [1.82, 2.24) is 14.0 Å². The second kappa shape index (κ2) is 6.58. The minimum absolute atomic E-state index is 0.0258. The molecule has 1 amide bonds. The van der Waals surface area contributed by atoms with Crippen LogP contribution in [0.1, 0.15) is 23.2 Å². The maximum atomic E-state index is 15.9. The van der Waals surface area contributed by atoms with Crippen LogP contribution in [0.3, 0.4) is 0 Å². The molecule has 0 spiro atoms. The number of aromatic nitrogens is 2. The van der Waals surface area contributed by atoms with Crippen molar-refractivity contribution < 1.29 is 9.18 Å². The van der Waals surface area contributed by atoms with Crippen LogP contribution in [0.15, 0.2) is 59.4 Å². The average molecular weight is 389 g/mol. The van der Waals surface area contributed by atoms with Crippen molar-refractivity contribution in [1.29, 1.82) is 0 Å². The van der Waals surface area contributed by atoms with Crippen LogP contribution < -0.4 is 5.56 Å². The third-order valence-corrected chi connectivity index (χ3v) is 5.79. The summed E-state index contributed by atoms with van der Waals surface area (Å²) in [4.78, 5) is 28.5. The number of carbonyl (C=O) groups is 1. The molecular formula is C23H20FN3O2. The van der Waals surface area contributed by atoms with Gasteiger partial charge in [0, 0.05) is 36.4 Å². The van der Waals surface area contributed by atoms with Crippen LogP contribution in [0, 0.1) is 5.95 Å². The van der Waals surface area contributed by atoms with Crippen LogP contribution in [-0.2, 0) is 7.05 Å². The number of rotatable bonds is 2. The molecule has 0 N–H and O–H groups in total. The zero-order valence-electron chi connectivity index (χ0n) is 16.1. The molecule has 3 heterocycles. The second-order valence-electron chi connectivity index (χ2n) is 7.44. The molecule has 2 aromatic carbocycles. The third kappa shape index (κ3) is 2.52. The molecule has 0 atom stereocenters. The molecule has 0 bridgehead atoms. The Kier molecular flexibility index (Phi) is 4.01. The van der Waals surface area contributed by atoms with Gasteiger partial charge in [-0.1, -0.05) is 36.4 Å². The number of hydrogen-bond acceptors (Lipinski definition) is 2. The minimum Gasteiger partial charge on any atom is -0.339 e. The quantitative estimate of drug-likeness (QED) is 0.489. The molecule has 29 heavy (non-hydrogen) atoms. The van der Waals surface area contributed by atoms with Gasteiger partial charge in [-0.05, 0) is 31.0 Å². The number of para-hydroxylation sites is 2. The van der Waals surface area contributed by atoms with E-state index in [0.29, 0.717) is 35.1 Å². The Hall–Kier alpha value is -3.41. The van der Waals surface area contributed by atoms with E-state index in [2.05, 4.69) is 0 Å². The van der Waals surface area contributed by atoms with E-state index in [4.69, 9.17) is 0 Å². The van der Waals surface area contributed by atoms with E-state index in [9.17, 15) is 9.59 Å². The average Bonchev–Trinajstić information content (AvgIpc) is 3.37. The minimum atomic E-state index is -0.804. The first kappa shape index (κ1) is 17.7. The fourth-order valence-electron chi connectivity index (χ4n) is 4.39. The maximum absolute atomic E-state index is 15.9. The second-order valence-corrected chi connectivity index (χ2v) is 7.44. The highest BCUT2D eigenvalue weighted by Gasteiger charge is 2.30. The molecule has 4 aromatic rings. The summed E-state index contributed by atoms with van der Waals surface area (Å²) in [5.74, 6) is -1.16. The van der Waals surface area contributed by atoms with E-state index < -0.39 is 11.5 Å². The van der Waals surface area contributed by atoms with Crippen molar-refractivity contribution in [2.24, 2.45) is 7.05 Å². The topological polar surface area (TPSA) is 47.2 Å². The number of nitrogens with zero attached hydrogens (tertiary/aromatic N) is 3. The van der Waals surface area contributed by atoms with Crippen LogP contribution in [0.2, 0.25) is 0 Å². The van der Waals surface area contributed by atoms with E-state index in [1.807, 2.05) is 24.3 Å². The molecule has 5 nitrogen and oxygen atoms in total. The van der Waals surface area contributed by atoms with Gasteiger partial charge in [-0.2, -0.15) is 4.39 Å². The zero-order valence-corrected chi connectivity index (χ0v) is 16.1. The molecule has 0 saturated carbocycles. The van der Waals surface area contributed by atoms with Crippen molar-refractivity contribution in [3.63, 3.8) is 0 Å².